The van der Waals surface area contributed by atoms with Crippen LogP contribution in [0.2, 0.25) is 0 Å². The van der Waals surface area contributed by atoms with Crippen molar-refractivity contribution in [3.8, 4) is 0 Å². The summed E-state index contributed by atoms with van der Waals surface area (Å²) in [6.07, 6.45) is 8.55. The van der Waals surface area contributed by atoms with Crippen LogP contribution in [-0.2, 0) is 4.74 Å². The van der Waals surface area contributed by atoms with E-state index >= 15 is 0 Å². The van der Waals surface area contributed by atoms with E-state index in [1.165, 1.54) is 38.5 Å². The first-order valence-electron chi connectivity index (χ1n) is 7.36. The van der Waals surface area contributed by atoms with Crippen molar-refractivity contribution in [3.63, 3.8) is 0 Å². The van der Waals surface area contributed by atoms with Crippen molar-refractivity contribution in [2.24, 2.45) is 23.0 Å². The molecule has 2 rings (SSSR count). The van der Waals surface area contributed by atoms with Gasteiger partial charge in [0, 0.05) is 0 Å². The Morgan fingerprint density at radius 3 is 2.65 bits per heavy atom. The van der Waals surface area contributed by atoms with Crippen molar-refractivity contribution in [2.75, 3.05) is 6.54 Å². The van der Waals surface area contributed by atoms with Gasteiger partial charge in [-0.3, -0.25) is 0 Å². The predicted octanol–water partition coefficient (Wildman–Crippen LogP) is 3.35. The highest BCUT2D eigenvalue weighted by Crippen LogP contribution is 2.41. The van der Waals surface area contributed by atoms with Crippen molar-refractivity contribution in [1.29, 1.82) is 0 Å². The molecule has 0 aliphatic heterocycles. The number of hydrogen-bond donors (Lipinski definition) is 1. The van der Waals surface area contributed by atoms with E-state index < -0.39 is 0 Å². The van der Waals surface area contributed by atoms with E-state index in [2.05, 4.69) is 20.8 Å². The van der Waals surface area contributed by atoms with Crippen LogP contribution in [0.3, 0.4) is 0 Å². The molecule has 0 aromatic rings. The number of nitrogens with two attached hydrogens (primary N) is 1. The Hall–Kier alpha value is -0.0800. The average molecular weight is 239 g/mol. The SMILES string of the molecule is CC1CC(OC2CCCC2CN)CC(C)(C)C1. The van der Waals surface area contributed by atoms with Crippen LogP contribution in [0.5, 0.6) is 0 Å². The van der Waals surface area contributed by atoms with Gasteiger partial charge in [-0.1, -0.05) is 27.2 Å². The molecular formula is C15H29NO. The van der Waals surface area contributed by atoms with Gasteiger partial charge in [0.1, 0.15) is 0 Å². The number of ether oxygens (including phenoxy) is 1. The van der Waals surface area contributed by atoms with Gasteiger partial charge in [0.25, 0.3) is 0 Å². The first-order valence-corrected chi connectivity index (χ1v) is 7.36. The topological polar surface area (TPSA) is 35.2 Å². The first-order chi connectivity index (χ1) is 8.00. The summed E-state index contributed by atoms with van der Waals surface area (Å²) in [5.74, 6) is 1.43. The molecule has 0 heterocycles. The molecule has 2 aliphatic rings. The Kier molecular flexibility index (Phi) is 4.14. The lowest BCUT2D eigenvalue weighted by Crippen LogP contribution is -2.37. The minimum absolute atomic E-state index is 0.450. The van der Waals surface area contributed by atoms with Gasteiger partial charge in [-0.15, -0.1) is 0 Å². The normalized spacial score (nSPS) is 41.6. The average Bonchev–Trinajstić information content (AvgIpc) is 2.61. The smallest absolute Gasteiger partial charge is 0.0619 e. The molecule has 0 aromatic heterocycles. The Bertz CT molecular complexity index is 251. The largest absolute Gasteiger partial charge is 0.375 e. The Morgan fingerprint density at radius 2 is 2.00 bits per heavy atom. The zero-order valence-corrected chi connectivity index (χ0v) is 11.7. The lowest BCUT2D eigenvalue weighted by Gasteiger charge is -2.40. The van der Waals surface area contributed by atoms with E-state index in [0.717, 1.165) is 12.5 Å². The second kappa shape index (κ2) is 5.27. The summed E-state index contributed by atoms with van der Waals surface area (Å²) >= 11 is 0. The van der Waals surface area contributed by atoms with E-state index in [-0.39, 0.29) is 0 Å². The maximum Gasteiger partial charge on any atom is 0.0619 e. The van der Waals surface area contributed by atoms with Crippen molar-refractivity contribution in [2.45, 2.75) is 71.5 Å². The highest BCUT2D eigenvalue weighted by Gasteiger charge is 2.36. The van der Waals surface area contributed by atoms with E-state index in [1.54, 1.807) is 0 Å². The summed E-state index contributed by atoms with van der Waals surface area (Å²) in [5, 5.41) is 0. The monoisotopic (exact) mass is 239 g/mol. The molecule has 2 saturated carbocycles. The number of hydrogen-bond acceptors (Lipinski definition) is 2. The Labute approximate surface area is 106 Å². The molecule has 17 heavy (non-hydrogen) atoms. The fourth-order valence-electron chi connectivity index (χ4n) is 4.06. The molecule has 2 N–H and O–H groups in total. The van der Waals surface area contributed by atoms with Crippen LogP contribution in [0.1, 0.15) is 59.3 Å². The fourth-order valence-corrected chi connectivity index (χ4v) is 4.06. The van der Waals surface area contributed by atoms with Gasteiger partial charge in [0.15, 0.2) is 0 Å². The Morgan fingerprint density at radius 1 is 1.24 bits per heavy atom. The van der Waals surface area contributed by atoms with Gasteiger partial charge in [0.2, 0.25) is 0 Å². The van der Waals surface area contributed by atoms with Crippen LogP contribution < -0.4 is 5.73 Å². The molecule has 0 radical (unpaired) electrons. The van der Waals surface area contributed by atoms with Gasteiger partial charge in [-0.2, -0.15) is 0 Å². The standard InChI is InChI=1S/C15H29NO/c1-11-7-13(9-15(2,3)8-11)17-14-6-4-5-12(14)10-16/h11-14H,4-10,16H2,1-3H3. The highest BCUT2D eigenvalue weighted by atomic mass is 16.5. The summed E-state index contributed by atoms with van der Waals surface area (Å²) in [6.45, 7) is 7.94. The Balaban J connectivity index is 1.89. The molecule has 0 amide bonds. The molecule has 4 atom stereocenters. The van der Waals surface area contributed by atoms with E-state index in [1.807, 2.05) is 0 Å². The molecule has 2 aliphatic carbocycles. The van der Waals surface area contributed by atoms with Crippen LogP contribution in [-0.4, -0.2) is 18.8 Å². The summed E-state index contributed by atoms with van der Waals surface area (Å²) < 4.78 is 6.38. The summed E-state index contributed by atoms with van der Waals surface area (Å²) in [4.78, 5) is 0. The highest BCUT2D eigenvalue weighted by molar-refractivity contribution is 4.86. The van der Waals surface area contributed by atoms with Gasteiger partial charge < -0.3 is 10.5 Å². The molecule has 0 bridgehead atoms. The molecular weight excluding hydrogens is 210 g/mol. The van der Waals surface area contributed by atoms with Gasteiger partial charge in [0.05, 0.1) is 12.2 Å². The summed E-state index contributed by atoms with van der Waals surface area (Å²) in [5.41, 5.74) is 6.29. The molecule has 0 saturated heterocycles. The van der Waals surface area contributed by atoms with Crippen LogP contribution in [0.4, 0.5) is 0 Å². The van der Waals surface area contributed by atoms with Crippen molar-refractivity contribution in [1.82, 2.24) is 0 Å². The van der Waals surface area contributed by atoms with Crippen LogP contribution in [0.25, 0.3) is 0 Å². The second-order valence-corrected chi connectivity index (χ2v) is 7.14. The van der Waals surface area contributed by atoms with Crippen molar-refractivity contribution in [3.05, 3.63) is 0 Å². The zero-order chi connectivity index (χ0) is 12.5. The third-order valence-electron chi connectivity index (χ3n) is 4.61. The van der Waals surface area contributed by atoms with Crippen LogP contribution in [0, 0.1) is 17.3 Å². The molecule has 4 unspecified atom stereocenters. The third-order valence-corrected chi connectivity index (χ3v) is 4.61. The second-order valence-electron chi connectivity index (χ2n) is 7.14. The zero-order valence-electron chi connectivity index (χ0n) is 11.7. The molecule has 2 fully saturated rings. The van der Waals surface area contributed by atoms with E-state index in [9.17, 15) is 0 Å². The van der Waals surface area contributed by atoms with Crippen LogP contribution in [0.15, 0.2) is 0 Å². The fraction of sp³-hybridized carbons (Fsp3) is 1.00. The molecule has 0 aromatic carbocycles. The van der Waals surface area contributed by atoms with Gasteiger partial charge in [-0.25, -0.2) is 0 Å². The van der Waals surface area contributed by atoms with E-state index in [4.69, 9.17) is 10.5 Å². The quantitative estimate of drug-likeness (QED) is 0.819. The van der Waals surface area contributed by atoms with Gasteiger partial charge >= 0.3 is 0 Å². The van der Waals surface area contributed by atoms with Crippen molar-refractivity contribution < 1.29 is 4.74 Å². The third kappa shape index (κ3) is 3.45. The summed E-state index contributed by atoms with van der Waals surface area (Å²) in [7, 11) is 0. The van der Waals surface area contributed by atoms with Gasteiger partial charge in [-0.05, 0) is 55.9 Å². The van der Waals surface area contributed by atoms with Crippen molar-refractivity contribution >= 4 is 0 Å². The molecule has 100 valence electrons. The maximum atomic E-state index is 6.38. The summed E-state index contributed by atoms with van der Waals surface area (Å²) in [6, 6.07) is 0. The first kappa shape index (κ1) is 13.4. The molecule has 2 heteroatoms. The molecule has 0 spiro atoms. The predicted molar refractivity (Wildman–Crippen MR) is 71.9 cm³/mol. The lowest BCUT2D eigenvalue weighted by molar-refractivity contribution is -0.0765. The maximum absolute atomic E-state index is 6.38. The minimum atomic E-state index is 0.450. The van der Waals surface area contributed by atoms with Crippen LogP contribution >= 0.6 is 0 Å². The number of rotatable bonds is 3. The minimum Gasteiger partial charge on any atom is -0.375 e. The lowest BCUT2D eigenvalue weighted by atomic mass is 9.71. The van der Waals surface area contributed by atoms with E-state index in [0.29, 0.717) is 23.5 Å². The molecule has 2 nitrogen and oxygen atoms in total.